The fourth-order valence-electron chi connectivity index (χ4n) is 0.835. The van der Waals surface area contributed by atoms with Crippen molar-refractivity contribution in [1.82, 2.24) is 0 Å². The Morgan fingerprint density at radius 3 is 2.58 bits per heavy atom. The second kappa shape index (κ2) is 5.43. The Kier molecular flexibility index (Phi) is 4.88. The van der Waals surface area contributed by atoms with Gasteiger partial charge in [-0.1, -0.05) is 19.0 Å². The fourth-order valence-corrected chi connectivity index (χ4v) is 0.835. The van der Waals surface area contributed by atoms with Crippen molar-refractivity contribution in [3.63, 3.8) is 0 Å². The topological polar surface area (TPSA) is 75.1 Å². The van der Waals surface area contributed by atoms with Crippen molar-refractivity contribution >= 4 is 5.97 Å². The number of hydrogen-bond donors (Lipinski definition) is 0. The van der Waals surface area contributed by atoms with E-state index < -0.39 is 12.0 Å². The largest absolute Gasteiger partial charge is 0.469 e. The molecule has 5 nitrogen and oxygen atoms in total. The zero-order chi connectivity index (χ0) is 9.56. The summed E-state index contributed by atoms with van der Waals surface area (Å²) in [5.74, 6) is -0.166. The van der Waals surface area contributed by atoms with Crippen LogP contribution in [0.2, 0.25) is 0 Å². The summed E-state index contributed by atoms with van der Waals surface area (Å²) >= 11 is 0. The van der Waals surface area contributed by atoms with Gasteiger partial charge in [-0.3, -0.25) is 4.79 Å². The van der Waals surface area contributed by atoms with Gasteiger partial charge in [-0.2, -0.15) is 0 Å². The van der Waals surface area contributed by atoms with E-state index in [-0.39, 0.29) is 0 Å². The van der Waals surface area contributed by atoms with Crippen LogP contribution >= 0.6 is 0 Å². The maximum atomic E-state index is 11.0. The number of esters is 1. The lowest BCUT2D eigenvalue weighted by Gasteiger charge is -2.10. The van der Waals surface area contributed by atoms with E-state index in [9.17, 15) is 4.79 Å². The summed E-state index contributed by atoms with van der Waals surface area (Å²) in [6.07, 6.45) is 0.525. The van der Waals surface area contributed by atoms with Crippen molar-refractivity contribution in [2.24, 2.45) is 11.0 Å². The highest BCUT2D eigenvalue weighted by Crippen LogP contribution is 2.09. The predicted octanol–water partition coefficient (Wildman–Crippen LogP) is 1.88. The molecule has 0 saturated heterocycles. The van der Waals surface area contributed by atoms with Crippen molar-refractivity contribution < 1.29 is 9.53 Å². The maximum Gasteiger partial charge on any atom is 0.314 e. The zero-order valence-corrected chi connectivity index (χ0v) is 7.52. The molecular formula is C7H13N3O2. The number of azide groups is 1. The van der Waals surface area contributed by atoms with E-state index in [0.717, 1.165) is 0 Å². The lowest BCUT2D eigenvalue weighted by atomic mass is 10.1. The zero-order valence-electron chi connectivity index (χ0n) is 7.52. The standard InChI is InChI=1S/C7H13N3O2/c1-5(2)4-6(9-10-8)7(11)12-3/h5-6H,4H2,1-3H3/t6-/m1/s1. The molecule has 5 heteroatoms. The summed E-state index contributed by atoms with van der Waals surface area (Å²) < 4.78 is 4.46. The van der Waals surface area contributed by atoms with Crippen LogP contribution in [0.4, 0.5) is 0 Å². The van der Waals surface area contributed by atoms with E-state index in [0.29, 0.717) is 12.3 Å². The van der Waals surface area contributed by atoms with Crippen molar-refractivity contribution in [1.29, 1.82) is 0 Å². The first-order valence-corrected chi connectivity index (χ1v) is 3.73. The van der Waals surface area contributed by atoms with E-state index in [1.165, 1.54) is 7.11 Å². The molecule has 1 atom stereocenters. The molecule has 0 aliphatic rings. The van der Waals surface area contributed by atoms with E-state index in [1.54, 1.807) is 0 Å². The van der Waals surface area contributed by atoms with Gasteiger partial charge in [-0.05, 0) is 17.9 Å². The summed E-state index contributed by atoms with van der Waals surface area (Å²) in [5, 5.41) is 3.34. The van der Waals surface area contributed by atoms with Crippen molar-refractivity contribution in [2.45, 2.75) is 26.3 Å². The third kappa shape index (κ3) is 3.83. The molecule has 0 aromatic rings. The third-order valence-electron chi connectivity index (χ3n) is 1.36. The Hall–Kier alpha value is -1.22. The van der Waals surface area contributed by atoms with Gasteiger partial charge in [0.25, 0.3) is 0 Å². The van der Waals surface area contributed by atoms with Gasteiger partial charge >= 0.3 is 5.97 Å². The van der Waals surface area contributed by atoms with E-state index >= 15 is 0 Å². The number of ether oxygens (including phenoxy) is 1. The minimum Gasteiger partial charge on any atom is -0.469 e. The normalized spacial score (nSPS) is 12.0. The summed E-state index contributed by atoms with van der Waals surface area (Å²) in [4.78, 5) is 13.5. The molecule has 0 aromatic carbocycles. The lowest BCUT2D eigenvalue weighted by Crippen LogP contribution is -2.21. The summed E-state index contributed by atoms with van der Waals surface area (Å²) in [7, 11) is 1.28. The second-order valence-electron chi connectivity index (χ2n) is 2.87. The minimum absolute atomic E-state index is 0.305. The SMILES string of the molecule is COC(=O)[C@@H](CC(C)C)N=[N+]=[N-]. The molecule has 0 aromatic heterocycles. The van der Waals surface area contributed by atoms with Gasteiger partial charge in [0.1, 0.15) is 6.04 Å². The summed E-state index contributed by atoms with van der Waals surface area (Å²) in [6.45, 7) is 3.89. The lowest BCUT2D eigenvalue weighted by molar-refractivity contribution is -0.142. The van der Waals surface area contributed by atoms with Crippen molar-refractivity contribution in [2.75, 3.05) is 7.11 Å². The molecule has 0 saturated carbocycles. The van der Waals surface area contributed by atoms with Gasteiger partial charge in [0.15, 0.2) is 0 Å². The van der Waals surface area contributed by atoms with Crippen LogP contribution in [0.25, 0.3) is 10.4 Å². The van der Waals surface area contributed by atoms with Crippen LogP contribution in [0.1, 0.15) is 20.3 Å². The molecule has 12 heavy (non-hydrogen) atoms. The van der Waals surface area contributed by atoms with Crippen LogP contribution in [-0.2, 0) is 9.53 Å². The first-order chi connectivity index (χ1) is 5.61. The molecule has 0 radical (unpaired) electrons. The highest BCUT2D eigenvalue weighted by molar-refractivity contribution is 5.75. The van der Waals surface area contributed by atoms with Gasteiger partial charge in [0.05, 0.1) is 7.11 Å². The molecule has 0 N–H and O–H groups in total. The summed E-state index contributed by atoms with van der Waals surface area (Å²) in [6, 6.07) is -0.681. The average molecular weight is 171 g/mol. The Morgan fingerprint density at radius 1 is 1.67 bits per heavy atom. The van der Waals surface area contributed by atoms with Crippen LogP contribution in [0.5, 0.6) is 0 Å². The van der Waals surface area contributed by atoms with Crippen LogP contribution in [0.3, 0.4) is 0 Å². The monoisotopic (exact) mass is 171 g/mol. The third-order valence-corrected chi connectivity index (χ3v) is 1.36. The minimum atomic E-state index is -0.681. The number of rotatable bonds is 4. The van der Waals surface area contributed by atoms with Crippen LogP contribution in [0.15, 0.2) is 5.11 Å². The van der Waals surface area contributed by atoms with Gasteiger partial charge < -0.3 is 4.74 Å². The molecule has 0 bridgehead atoms. The van der Waals surface area contributed by atoms with Gasteiger partial charge in [0.2, 0.25) is 0 Å². The van der Waals surface area contributed by atoms with Gasteiger partial charge in [0, 0.05) is 4.91 Å². The first kappa shape index (κ1) is 10.8. The van der Waals surface area contributed by atoms with Gasteiger partial charge in [-0.15, -0.1) is 0 Å². The van der Waals surface area contributed by atoms with Crippen LogP contribution in [0, 0.1) is 5.92 Å². The number of nitrogens with zero attached hydrogens (tertiary/aromatic N) is 3. The van der Waals surface area contributed by atoms with Crippen LogP contribution < -0.4 is 0 Å². The Labute approximate surface area is 71.3 Å². The number of hydrogen-bond acceptors (Lipinski definition) is 3. The molecule has 0 fully saturated rings. The van der Waals surface area contributed by atoms with Crippen LogP contribution in [-0.4, -0.2) is 19.1 Å². The van der Waals surface area contributed by atoms with Crippen molar-refractivity contribution in [3.8, 4) is 0 Å². The molecule has 0 rings (SSSR count). The molecule has 0 heterocycles. The first-order valence-electron chi connectivity index (χ1n) is 3.73. The number of carbonyl (C=O) groups is 1. The smallest absolute Gasteiger partial charge is 0.314 e. The van der Waals surface area contributed by atoms with E-state index in [1.807, 2.05) is 13.8 Å². The average Bonchev–Trinajstić information content (AvgIpc) is 2.01. The Balaban J connectivity index is 4.22. The molecular weight excluding hydrogens is 158 g/mol. The number of carbonyl (C=O) groups excluding carboxylic acids is 1. The maximum absolute atomic E-state index is 11.0. The number of methoxy groups -OCH3 is 1. The molecule has 68 valence electrons. The fraction of sp³-hybridized carbons (Fsp3) is 0.857. The highest BCUT2D eigenvalue weighted by Gasteiger charge is 2.18. The highest BCUT2D eigenvalue weighted by atomic mass is 16.5. The molecule has 0 spiro atoms. The molecule has 0 aliphatic heterocycles. The molecule has 0 unspecified atom stereocenters. The molecule has 0 amide bonds. The molecule has 0 aliphatic carbocycles. The second-order valence-corrected chi connectivity index (χ2v) is 2.87. The Bertz CT molecular complexity index is 197. The Morgan fingerprint density at radius 2 is 2.25 bits per heavy atom. The summed E-state index contributed by atoms with van der Waals surface area (Å²) in [5.41, 5.74) is 8.14. The predicted molar refractivity (Wildman–Crippen MR) is 44.4 cm³/mol. The van der Waals surface area contributed by atoms with E-state index in [2.05, 4.69) is 14.8 Å². The van der Waals surface area contributed by atoms with Gasteiger partial charge in [-0.25, -0.2) is 0 Å². The quantitative estimate of drug-likeness (QED) is 0.280. The van der Waals surface area contributed by atoms with Crippen molar-refractivity contribution in [3.05, 3.63) is 10.4 Å². The van der Waals surface area contributed by atoms with E-state index in [4.69, 9.17) is 5.53 Å².